The third-order valence-corrected chi connectivity index (χ3v) is 2.40. The van der Waals surface area contributed by atoms with Gasteiger partial charge in [0.25, 0.3) is 0 Å². The van der Waals surface area contributed by atoms with Gasteiger partial charge in [-0.3, -0.25) is 0 Å². The SMILES string of the molecule is CCCCC[n+]1ccccc1CC.[F-]. The number of nitrogens with zero attached hydrogens (tertiary/aromatic N) is 1. The van der Waals surface area contributed by atoms with Gasteiger partial charge in [0.05, 0.1) is 0 Å². The molecule has 1 aromatic rings. The Morgan fingerprint density at radius 3 is 2.57 bits per heavy atom. The van der Waals surface area contributed by atoms with Gasteiger partial charge in [0.15, 0.2) is 11.9 Å². The summed E-state index contributed by atoms with van der Waals surface area (Å²) >= 11 is 0. The van der Waals surface area contributed by atoms with Crippen molar-refractivity contribution >= 4 is 0 Å². The first-order valence-corrected chi connectivity index (χ1v) is 5.35. The van der Waals surface area contributed by atoms with E-state index in [4.69, 9.17) is 0 Å². The second kappa shape index (κ2) is 7.48. The van der Waals surface area contributed by atoms with E-state index in [1.807, 2.05) is 0 Å². The summed E-state index contributed by atoms with van der Waals surface area (Å²) < 4.78 is 2.37. The third-order valence-electron chi connectivity index (χ3n) is 2.40. The molecule has 0 aromatic carbocycles. The summed E-state index contributed by atoms with van der Waals surface area (Å²) in [5.74, 6) is 0. The summed E-state index contributed by atoms with van der Waals surface area (Å²) in [6.45, 7) is 5.64. The van der Waals surface area contributed by atoms with Crippen molar-refractivity contribution in [3.05, 3.63) is 30.1 Å². The van der Waals surface area contributed by atoms with Gasteiger partial charge in [0.2, 0.25) is 0 Å². The Labute approximate surface area is 86.1 Å². The van der Waals surface area contributed by atoms with Crippen LogP contribution in [0.5, 0.6) is 0 Å². The number of hydrogen-bond donors (Lipinski definition) is 0. The molecule has 0 fully saturated rings. The van der Waals surface area contributed by atoms with Gasteiger partial charge in [-0.15, -0.1) is 0 Å². The molecule has 0 saturated heterocycles. The Bertz CT molecular complexity index is 248. The van der Waals surface area contributed by atoms with E-state index >= 15 is 0 Å². The second-order valence-corrected chi connectivity index (χ2v) is 3.45. The molecular weight excluding hydrogens is 177 g/mol. The van der Waals surface area contributed by atoms with Crippen LogP contribution in [-0.4, -0.2) is 0 Å². The number of aryl methyl sites for hydroxylation is 2. The minimum Gasteiger partial charge on any atom is -1.00 e. The number of hydrogen-bond acceptors (Lipinski definition) is 0. The number of unbranched alkanes of at least 4 members (excludes halogenated alkanes) is 2. The van der Waals surface area contributed by atoms with Gasteiger partial charge < -0.3 is 4.70 Å². The zero-order chi connectivity index (χ0) is 9.52. The van der Waals surface area contributed by atoms with Gasteiger partial charge in [0.1, 0.15) is 6.54 Å². The highest BCUT2D eigenvalue weighted by Gasteiger charge is 2.05. The van der Waals surface area contributed by atoms with Crippen LogP contribution in [-0.2, 0) is 13.0 Å². The van der Waals surface area contributed by atoms with Crippen molar-refractivity contribution in [1.82, 2.24) is 0 Å². The van der Waals surface area contributed by atoms with E-state index in [0.29, 0.717) is 0 Å². The first-order chi connectivity index (χ1) is 6.38. The molecular formula is C12H20FN. The highest BCUT2D eigenvalue weighted by Crippen LogP contribution is 1.96. The Kier molecular flexibility index (Phi) is 6.99. The van der Waals surface area contributed by atoms with Crippen molar-refractivity contribution in [2.45, 2.75) is 46.1 Å². The van der Waals surface area contributed by atoms with Crippen molar-refractivity contribution in [2.75, 3.05) is 0 Å². The van der Waals surface area contributed by atoms with Gasteiger partial charge in [-0.1, -0.05) is 26.3 Å². The molecule has 0 atom stereocenters. The van der Waals surface area contributed by atoms with Crippen molar-refractivity contribution < 1.29 is 9.27 Å². The van der Waals surface area contributed by atoms with Gasteiger partial charge in [-0.25, -0.2) is 4.57 Å². The molecule has 0 bridgehead atoms. The van der Waals surface area contributed by atoms with Crippen LogP contribution in [0.1, 0.15) is 38.8 Å². The molecule has 0 aliphatic rings. The zero-order valence-corrected chi connectivity index (χ0v) is 9.17. The van der Waals surface area contributed by atoms with Crippen LogP contribution in [0.3, 0.4) is 0 Å². The number of rotatable bonds is 5. The van der Waals surface area contributed by atoms with Crippen molar-refractivity contribution in [3.8, 4) is 0 Å². The average molecular weight is 197 g/mol. The van der Waals surface area contributed by atoms with E-state index in [2.05, 4.69) is 42.8 Å². The van der Waals surface area contributed by atoms with Crippen molar-refractivity contribution in [2.24, 2.45) is 0 Å². The van der Waals surface area contributed by atoms with Crippen molar-refractivity contribution in [3.63, 3.8) is 0 Å². The van der Waals surface area contributed by atoms with Crippen LogP contribution in [0.15, 0.2) is 24.4 Å². The highest BCUT2D eigenvalue weighted by atomic mass is 19.0. The topological polar surface area (TPSA) is 3.88 Å². The average Bonchev–Trinajstić information content (AvgIpc) is 2.19. The van der Waals surface area contributed by atoms with Crippen LogP contribution in [0, 0.1) is 0 Å². The fraction of sp³-hybridized carbons (Fsp3) is 0.583. The van der Waals surface area contributed by atoms with E-state index in [9.17, 15) is 0 Å². The Hall–Kier alpha value is -0.920. The van der Waals surface area contributed by atoms with Gasteiger partial charge in [-0.05, 0) is 6.42 Å². The molecule has 0 radical (unpaired) electrons. The normalized spacial score (nSPS) is 9.57. The molecule has 1 heterocycles. The van der Waals surface area contributed by atoms with Gasteiger partial charge in [-0.2, -0.15) is 0 Å². The number of halogens is 1. The maximum atomic E-state index is 2.37. The van der Waals surface area contributed by atoms with E-state index in [-0.39, 0.29) is 4.70 Å². The summed E-state index contributed by atoms with van der Waals surface area (Å²) in [4.78, 5) is 0. The molecule has 80 valence electrons. The van der Waals surface area contributed by atoms with Gasteiger partial charge >= 0.3 is 0 Å². The molecule has 1 nitrogen and oxygen atoms in total. The molecule has 0 N–H and O–H groups in total. The molecule has 0 amide bonds. The summed E-state index contributed by atoms with van der Waals surface area (Å²) in [7, 11) is 0. The lowest BCUT2D eigenvalue weighted by molar-refractivity contribution is -0.704. The van der Waals surface area contributed by atoms with Crippen LogP contribution in [0.4, 0.5) is 0 Å². The number of aromatic nitrogens is 1. The smallest absolute Gasteiger partial charge is 0.181 e. The molecule has 0 aliphatic heterocycles. The van der Waals surface area contributed by atoms with E-state index in [0.717, 1.165) is 6.42 Å². The first kappa shape index (κ1) is 13.1. The molecule has 1 aromatic heterocycles. The van der Waals surface area contributed by atoms with E-state index in [1.165, 1.54) is 31.5 Å². The van der Waals surface area contributed by atoms with Crippen LogP contribution in [0.25, 0.3) is 0 Å². The highest BCUT2D eigenvalue weighted by molar-refractivity contribution is 4.96. The Morgan fingerprint density at radius 1 is 1.14 bits per heavy atom. The predicted octanol–water partition coefficient (Wildman–Crippen LogP) is -0.269. The maximum absolute atomic E-state index is 2.37. The molecule has 0 spiro atoms. The quantitative estimate of drug-likeness (QED) is 0.452. The fourth-order valence-corrected chi connectivity index (χ4v) is 1.58. The summed E-state index contributed by atoms with van der Waals surface area (Å²) in [6.07, 6.45) is 7.26. The fourth-order valence-electron chi connectivity index (χ4n) is 1.58. The summed E-state index contributed by atoms with van der Waals surface area (Å²) in [5, 5.41) is 0. The number of pyridine rings is 1. The minimum absolute atomic E-state index is 0. The van der Waals surface area contributed by atoms with Crippen molar-refractivity contribution in [1.29, 1.82) is 0 Å². The Balaban J connectivity index is 0.00000169. The largest absolute Gasteiger partial charge is 1.00 e. The lowest BCUT2D eigenvalue weighted by atomic mass is 10.2. The summed E-state index contributed by atoms with van der Waals surface area (Å²) in [5.41, 5.74) is 1.44. The molecule has 0 unspecified atom stereocenters. The van der Waals surface area contributed by atoms with E-state index < -0.39 is 0 Å². The van der Waals surface area contributed by atoms with Gasteiger partial charge in [0, 0.05) is 25.0 Å². The summed E-state index contributed by atoms with van der Waals surface area (Å²) in [6, 6.07) is 6.45. The molecule has 2 heteroatoms. The zero-order valence-electron chi connectivity index (χ0n) is 9.17. The monoisotopic (exact) mass is 197 g/mol. The molecule has 0 saturated carbocycles. The second-order valence-electron chi connectivity index (χ2n) is 3.45. The van der Waals surface area contributed by atoms with Crippen LogP contribution < -0.4 is 9.27 Å². The van der Waals surface area contributed by atoms with Crippen LogP contribution in [0.2, 0.25) is 0 Å². The maximum Gasteiger partial charge on any atom is 0.181 e. The third kappa shape index (κ3) is 3.86. The molecule has 1 rings (SSSR count). The molecule has 14 heavy (non-hydrogen) atoms. The lowest BCUT2D eigenvalue weighted by Gasteiger charge is -2.00. The van der Waals surface area contributed by atoms with Crippen LogP contribution >= 0.6 is 0 Å². The lowest BCUT2D eigenvalue weighted by Crippen LogP contribution is -3.00. The predicted molar refractivity (Wildman–Crippen MR) is 55.5 cm³/mol. The minimum atomic E-state index is 0. The standard InChI is InChI=1S/C12H20N.FH/c1-3-5-7-10-13-11-8-6-9-12(13)4-2;/h6,8-9,11H,3-5,7,10H2,1-2H3;1H/q+1;/p-1. The Morgan fingerprint density at radius 2 is 1.93 bits per heavy atom. The first-order valence-electron chi connectivity index (χ1n) is 5.35. The molecule has 0 aliphatic carbocycles. The van der Waals surface area contributed by atoms with E-state index in [1.54, 1.807) is 0 Å².